The molecule has 0 saturated heterocycles. The molecule has 0 fully saturated rings. The van der Waals surface area contributed by atoms with Crippen LogP contribution in [0.4, 0.5) is 11.5 Å². The molecule has 28 heavy (non-hydrogen) atoms. The highest BCUT2D eigenvalue weighted by atomic mass is 79.9. The Morgan fingerprint density at radius 3 is 2.57 bits per heavy atom. The Morgan fingerprint density at radius 1 is 0.964 bits per heavy atom. The zero-order valence-electron chi connectivity index (χ0n) is 14.5. The number of benzene rings is 2. The molecule has 0 atom stereocenters. The summed E-state index contributed by atoms with van der Waals surface area (Å²) >= 11 is 5.10. The van der Waals surface area contributed by atoms with E-state index in [1.54, 1.807) is 17.7 Å². The molecule has 0 amide bonds. The van der Waals surface area contributed by atoms with E-state index in [2.05, 4.69) is 48.7 Å². The van der Waals surface area contributed by atoms with E-state index in [-0.39, 0.29) is 12.4 Å². The molecule has 5 nitrogen and oxygen atoms in total. The fourth-order valence-corrected chi connectivity index (χ4v) is 4.25. The molecule has 1 aliphatic rings. The number of ether oxygens (including phenoxy) is 2. The summed E-state index contributed by atoms with van der Waals surface area (Å²) in [5.41, 5.74) is 3.14. The van der Waals surface area contributed by atoms with Crippen LogP contribution in [-0.4, -0.2) is 23.2 Å². The molecule has 4 aromatic rings. The predicted molar refractivity (Wildman–Crippen MR) is 119 cm³/mol. The van der Waals surface area contributed by atoms with Gasteiger partial charge in [-0.2, -0.15) is 0 Å². The molecular weight excluding hydrogens is 462 g/mol. The smallest absolute Gasteiger partial charge is 0.163 e. The maximum Gasteiger partial charge on any atom is 0.163 e. The van der Waals surface area contributed by atoms with Gasteiger partial charge in [0.1, 0.15) is 30.2 Å². The topological polar surface area (TPSA) is 56.3 Å². The molecule has 0 aliphatic carbocycles. The lowest BCUT2D eigenvalue weighted by Gasteiger charge is -2.19. The number of nitrogens with zero attached hydrogens (tertiary/aromatic N) is 2. The van der Waals surface area contributed by atoms with E-state index >= 15 is 0 Å². The molecule has 0 saturated carbocycles. The van der Waals surface area contributed by atoms with Crippen molar-refractivity contribution < 1.29 is 9.47 Å². The molecule has 8 heteroatoms. The first kappa shape index (κ1) is 19.0. The van der Waals surface area contributed by atoms with Gasteiger partial charge in [-0.3, -0.25) is 0 Å². The summed E-state index contributed by atoms with van der Waals surface area (Å²) in [4.78, 5) is 9.87. The average molecular weight is 477 g/mol. The van der Waals surface area contributed by atoms with Crippen LogP contribution in [0.15, 0.2) is 58.6 Å². The lowest BCUT2D eigenvalue weighted by Crippen LogP contribution is -2.15. The van der Waals surface area contributed by atoms with Gasteiger partial charge in [-0.15, -0.1) is 23.7 Å². The molecule has 0 spiro atoms. The summed E-state index contributed by atoms with van der Waals surface area (Å²) < 4.78 is 12.3. The van der Waals surface area contributed by atoms with Crippen LogP contribution in [0.25, 0.3) is 21.3 Å². The minimum Gasteiger partial charge on any atom is -0.486 e. The zero-order chi connectivity index (χ0) is 18.2. The summed E-state index contributed by atoms with van der Waals surface area (Å²) in [5, 5.41) is 6.55. The van der Waals surface area contributed by atoms with E-state index in [0.717, 1.165) is 48.8 Å². The van der Waals surface area contributed by atoms with Gasteiger partial charge in [-0.25, -0.2) is 9.97 Å². The Morgan fingerprint density at radius 2 is 1.75 bits per heavy atom. The number of nitrogens with one attached hydrogen (secondary N) is 1. The number of anilines is 2. The highest BCUT2D eigenvalue weighted by molar-refractivity contribution is 9.10. The van der Waals surface area contributed by atoms with E-state index in [1.807, 2.05) is 30.3 Å². The van der Waals surface area contributed by atoms with Crippen molar-refractivity contribution in [2.45, 2.75) is 0 Å². The van der Waals surface area contributed by atoms with Crippen molar-refractivity contribution in [2.75, 3.05) is 18.5 Å². The summed E-state index contributed by atoms with van der Waals surface area (Å²) in [7, 11) is 0. The van der Waals surface area contributed by atoms with Crippen LogP contribution in [0.3, 0.4) is 0 Å². The fraction of sp³-hybridized carbons (Fsp3) is 0.100. The van der Waals surface area contributed by atoms with E-state index in [1.165, 1.54) is 0 Å². The summed E-state index contributed by atoms with van der Waals surface area (Å²) in [6.45, 7) is 1.14. The second-order valence-electron chi connectivity index (χ2n) is 6.04. The van der Waals surface area contributed by atoms with Gasteiger partial charge in [-0.1, -0.05) is 28.1 Å². The van der Waals surface area contributed by atoms with Crippen molar-refractivity contribution in [3.63, 3.8) is 0 Å². The van der Waals surface area contributed by atoms with Gasteiger partial charge in [0.05, 0.1) is 5.39 Å². The van der Waals surface area contributed by atoms with Crippen molar-refractivity contribution in [3.05, 3.63) is 58.6 Å². The van der Waals surface area contributed by atoms with Crippen LogP contribution in [0.2, 0.25) is 0 Å². The van der Waals surface area contributed by atoms with E-state index in [4.69, 9.17) is 9.47 Å². The first-order valence-electron chi connectivity index (χ1n) is 8.43. The Hall–Kier alpha value is -2.35. The van der Waals surface area contributed by atoms with Gasteiger partial charge in [0.25, 0.3) is 0 Å². The van der Waals surface area contributed by atoms with Crippen molar-refractivity contribution in [2.24, 2.45) is 0 Å². The Labute approximate surface area is 180 Å². The second-order valence-corrected chi connectivity index (χ2v) is 7.82. The number of rotatable bonds is 3. The third-order valence-electron chi connectivity index (χ3n) is 4.33. The molecule has 0 radical (unpaired) electrons. The van der Waals surface area contributed by atoms with Crippen LogP contribution in [-0.2, 0) is 0 Å². The standard InChI is InChI=1S/C20H14BrN3O2S.ClH/c21-13-3-1-12(2-4-13)15-10-27-20-18(15)19(22-11-23-20)24-14-5-6-16-17(9-14)26-8-7-25-16;/h1-6,9-11H,7-8H2,(H,22,23,24);1H. The van der Waals surface area contributed by atoms with Gasteiger partial charge >= 0.3 is 0 Å². The minimum absolute atomic E-state index is 0. The van der Waals surface area contributed by atoms with Gasteiger partial charge < -0.3 is 14.8 Å². The molecule has 3 heterocycles. The highest BCUT2D eigenvalue weighted by Gasteiger charge is 2.15. The average Bonchev–Trinajstić information content (AvgIpc) is 3.14. The summed E-state index contributed by atoms with van der Waals surface area (Å²) in [6, 6.07) is 14.1. The monoisotopic (exact) mass is 475 g/mol. The maximum absolute atomic E-state index is 5.68. The quantitative estimate of drug-likeness (QED) is 0.390. The molecular formula is C20H15BrClN3O2S. The van der Waals surface area contributed by atoms with Crippen molar-refractivity contribution in [1.29, 1.82) is 0 Å². The molecule has 5 rings (SSSR count). The number of halogens is 2. The number of fused-ring (bicyclic) bond motifs is 2. The Kier molecular flexibility index (Phi) is 5.39. The SMILES string of the molecule is Brc1ccc(-c2csc3ncnc(Nc4ccc5c(c4)OCCO5)c23)cc1.Cl. The van der Waals surface area contributed by atoms with Gasteiger partial charge in [0.15, 0.2) is 11.5 Å². The van der Waals surface area contributed by atoms with E-state index < -0.39 is 0 Å². The Balaban J connectivity index is 0.00000192. The molecule has 2 aromatic heterocycles. The number of hydrogen-bond acceptors (Lipinski definition) is 6. The fourth-order valence-electron chi connectivity index (χ4n) is 3.07. The number of aromatic nitrogens is 2. The Bertz CT molecular complexity index is 1130. The summed E-state index contributed by atoms with van der Waals surface area (Å²) in [6.07, 6.45) is 1.59. The predicted octanol–water partition coefficient (Wildman–Crippen LogP) is 6.06. The normalized spacial score (nSPS) is 12.5. The van der Waals surface area contributed by atoms with E-state index in [9.17, 15) is 0 Å². The van der Waals surface area contributed by atoms with Crippen LogP contribution in [0.1, 0.15) is 0 Å². The molecule has 0 bridgehead atoms. The highest BCUT2D eigenvalue weighted by Crippen LogP contribution is 2.39. The lowest BCUT2D eigenvalue weighted by molar-refractivity contribution is 0.171. The maximum atomic E-state index is 5.68. The minimum atomic E-state index is 0. The molecule has 142 valence electrons. The van der Waals surface area contributed by atoms with Gasteiger partial charge in [-0.05, 0) is 29.8 Å². The molecule has 1 N–H and O–H groups in total. The first-order valence-corrected chi connectivity index (χ1v) is 10.1. The third-order valence-corrected chi connectivity index (χ3v) is 5.75. The van der Waals surface area contributed by atoms with Crippen molar-refractivity contribution in [3.8, 4) is 22.6 Å². The van der Waals surface area contributed by atoms with Gasteiger partial charge in [0, 0.05) is 27.2 Å². The van der Waals surface area contributed by atoms with Crippen LogP contribution in [0.5, 0.6) is 11.5 Å². The zero-order valence-corrected chi connectivity index (χ0v) is 17.7. The van der Waals surface area contributed by atoms with Crippen LogP contribution < -0.4 is 14.8 Å². The van der Waals surface area contributed by atoms with Crippen molar-refractivity contribution >= 4 is 61.4 Å². The molecule has 2 aromatic carbocycles. The number of thiophene rings is 1. The third kappa shape index (κ3) is 3.53. The first-order chi connectivity index (χ1) is 13.3. The van der Waals surface area contributed by atoms with Gasteiger partial charge in [0.2, 0.25) is 0 Å². The van der Waals surface area contributed by atoms with E-state index in [0.29, 0.717) is 13.2 Å². The summed E-state index contributed by atoms with van der Waals surface area (Å²) in [5.74, 6) is 2.29. The number of hydrogen-bond donors (Lipinski definition) is 1. The second kappa shape index (κ2) is 7.95. The van der Waals surface area contributed by atoms with Crippen LogP contribution in [0, 0.1) is 0 Å². The van der Waals surface area contributed by atoms with Crippen molar-refractivity contribution in [1.82, 2.24) is 9.97 Å². The molecule has 0 unspecified atom stereocenters. The lowest BCUT2D eigenvalue weighted by atomic mass is 10.1. The van der Waals surface area contributed by atoms with Crippen LogP contribution >= 0.6 is 39.7 Å². The largest absolute Gasteiger partial charge is 0.486 e. The molecule has 1 aliphatic heterocycles.